The Morgan fingerprint density at radius 3 is 3.00 bits per heavy atom. The van der Waals surface area contributed by atoms with Crippen LogP contribution in [-0.2, 0) is 0 Å². The van der Waals surface area contributed by atoms with Gasteiger partial charge < -0.3 is 15.0 Å². The highest BCUT2D eigenvalue weighted by Crippen LogP contribution is 2.37. The molecule has 0 aliphatic carbocycles. The Morgan fingerprint density at radius 2 is 2.29 bits per heavy atom. The van der Waals surface area contributed by atoms with Gasteiger partial charge in [0.25, 0.3) is 0 Å². The van der Waals surface area contributed by atoms with E-state index in [4.69, 9.17) is 16.3 Å². The van der Waals surface area contributed by atoms with Gasteiger partial charge in [-0.25, -0.2) is 0 Å². The van der Waals surface area contributed by atoms with Gasteiger partial charge in [-0.2, -0.15) is 0 Å². The Morgan fingerprint density at radius 1 is 1.41 bits per heavy atom. The molecular formula is C13H15ClN2O. The van der Waals surface area contributed by atoms with E-state index in [1.54, 1.807) is 7.11 Å². The first-order chi connectivity index (χ1) is 8.31. The molecule has 2 aromatic rings. The fraction of sp³-hybridized carbons (Fsp3) is 0.385. The van der Waals surface area contributed by atoms with Crippen LogP contribution in [0.15, 0.2) is 18.3 Å². The predicted molar refractivity (Wildman–Crippen MR) is 70.1 cm³/mol. The molecule has 3 rings (SSSR count). The lowest BCUT2D eigenvalue weighted by Gasteiger charge is -2.08. The Balaban J connectivity index is 2.19. The lowest BCUT2D eigenvalue weighted by molar-refractivity contribution is 0.419. The van der Waals surface area contributed by atoms with Gasteiger partial charge >= 0.3 is 0 Å². The Kier molecular flexibility index (Phi) is 2.73. The van der Waals surface area contributed by atoms with Crippen molar-refractivity contribution in [3.63, 3.8) is 0 Å². The van der Waals surface area contributed by atoms with Crippen LogP contribution in [-0.4, -0.2) is 25.2 Å². The second-order valence-electron chi connectivity index (χ2n) is 4.43. The maximum Gasteiger partial charge on any atom is 0.143 e. The average Bonchev–Trinajstić information content (AvgIpc) is 2.98. The standard InChI is InChI=1S/C13H15ClN2O/c1-17-11-3-2-10(14)12-9(7-16-13(11)12)8-4-5-15-6-8/h2-3,7-8,15-16H,4-6H2,1H3. The first kappa shape index (κ1) is 10.9. The molecule has 17 heavy (non-hydrogen) atoms. The van der Waals surface area contributed by atoms with Crippen molar-refractivity contribution in [2.45, 2.75) is 12.3 Å². The molecule has 2 heterocycles. The zero-order valence-corrected chi connectivity index (χ0v) is 10.5. The number of benzene rings is 1. The smallest absolute Gasteiger partial charge is 0.143 e. The molecule has 0 amide bonds. The minimum absolute atomic E-state index is 0.549. The molecular weight excluding hydrogens is 236 g/mol. The van der Waals surface area contributed by atoms with Crippen LogP contribution in [0.4, 0.5) is 0 Å². The van der Waals surface area contributed by atoms with E-state index in [-0.39, 0.29) is 0 Å². The van der Waals surface area contributed by atoms with Crippen LogP contribution in [0, 0.1) is 0 Å². The molecule has 0 saturated carbocycles. The third-order valence-corrected chi connectivity index (χ3v) is 3.81. The summed E-state index contributed by atoms with van der Waals surface area (Å²) in [6, 6.07) is 3.81. The van der Waals surface area contributed by atoms with Crippen molar-refractivity contribution < 1.29 is 4.74 Å². The first-order valence-electron chi connectivity index (χ1n) is 5.85. The van der Waals surface area contributed by atoms with Gasteiger partial charge in [0.05, 0.1) is 17.6 Å². The zero-order chi connectivity index (χ0) is 11.8. The molecule has 90 valence electrons. The molecule has 1 aliphatic heterocycles. The molecule has 1 atom stereocenters. The Bertz CT molecular complexity index is 544. The van der Waals surface area contributed by atoms with Crippen molar-refractivity contribution in [1.29, 1.82) is 0 Å². The molecule has 0 bridgehead atoms. The number of rotatable bonds is 2. The normalized spacial score (nSPS) is 20.0. The van der Waals surface area contributed by atoms with Crippen LogP contribution in [0.1, 0.15) is 17.9 Å². The molecule has 1 aliphatic rings. The fourth-order valence-corrected chi connectivity index (χ4v) is 2.88. The number of hydrogen-bond donors (Lipinski definition) is 2. The number of H-pyrrole nitrogens is 1. The average molecular weight is 251 g/mol. The van der Waals surface area contributed by atoms with Crippen molar-refractivity contribution in [2.24, 2.45) is 0 Å². The van der Waals surface area contributed by atoms with Crippen molar-refractivity contribution in [3.8, 4) is 5.75 Å². The summed E-state index contributed by atoms with van der Waals surface area (Å²) >= 11 is 6.31. The van der Waals surface area contributed by atoms with Gasteiger partial charge in [0.1, 0.15) is 5.75 Å². The van der Waals surface area contributed by atoms with Crippen LogP contribution in [0.25, 0.3) is 10.9 Å². The summed E-state index contributed by atoms with van der Waals surface area (Å²) in [6.45, 7) is 2.11. The number of hydrogen-bond acceptors (Lipinski definition) is 2. The van der Waals surface area contributed by atoms with E-state index in [9.17, 15) is 0 Å². The molecule has 4 heteroatoms. The number of methoxy groups -OCH3 is 1. The topological polar surface area (TPSA) is 37.0 Å². The number of nitrogens with one attached hydrogen (secondary N) is 2. The van der Waals surface area contributed by atoms with E-state index >= 15 is 0 Å². The second kappa shape index (κ2) is 4.24. The van der Waals surface area contributed by atoms with Gasteiger partial charge in [0.2, 0.25) is 0 Å². The molecule has 0 spiro atoms. The van der Waals surface area contributed by atoms with E-state index < -0.39 is 0 Å². The van der Waals surface area contributed by atoms with Gasteiger partial charge in [-0.05, 0) is 36.6 Å². The molecule has 1 saturated heterocycles. The number of aromatic nitrogens is 1. The van der Waals surface area contributed by atoms with E-state index in [0.29, 0.717) is 5.92 Å². The van der Waals surface area contributed by atoms with Gasteiger partial charge in [-0.15, -0.1) is 0 Å². The molecule has 1 unspecified atom stereocenters. The van der Waals surface area contributed by atoms with Crippen molar-refractivity contribution in [2.75, 3.05) is 20.2 Å². The van der Waals surface area contributed by atoms with Crippen LogP contribution in [0.3, 0.4) is 0 Å². The molecule has 1 aromatic heterocycles. The predicted octanol–water partition coefficient (Wildman–Crippen LogP) is 2.91. The summed E-state index contributed by atoms with van der Waals surface area (Å²) in [7, 11) is 1.68. The minimum Gasteiger partial charge on any atom is -0.495 e. The molecule has 3 nitrogen and oxygen atoms in total. The van der Waals surface area contributed by atoms with E-state index in [1.165, 1.54) is 12.0 Å². The number of ether oxygens (including phenoxy) is 1. The summed E-state index contributed by atoms with van der Waals surface area (Å²) in [4.78, 5) is 3.29. The summed E-state index contributed by atoms with van der Waals surface area (Å²) < 4.78 is 5.35. The third kappa shape index (κ3) is 1.70. The van der Waals surface area contributed by atoms with E-state index in [2.05, 4.69) is 16.5 Å². The summed E-state index contributed by atoms with van der Waals surface area (Å²) in [5.74, 6) is 1.40. The van der Waals surface area contributed by atoms with Crippen molar-refractivity contribution >= 4 is 22.5 Å². The van der Waals surface area contributed by atoms with Gasteiger partial charge in [0, 0.05) is 18.1 Å². The highest BCUT2D eigenvalue weighted by Gasteiger charge is 2.22. The monoisotopic (exact) mass is 250 g/mol. The third-order valence-electron chi connectivity index (χ3n) is 3.50. The molecule has 0 radical (unpaired) electrons. The van der Waals surface area contributed by atoms with Gasteiger partial charge in [-0.1, -0.05) is 11.6 Å². The Hall–Kier alpha value is -1.19. The van der Waals surface area contributed by atoms with Crippen LogP contribution >= 0.6 is 11.6 Å². The number of halogens is 1. The summed E-state index contributed by atoms with van der Waals surface area (Å²) in [5, 5.41) is 5.29. The van der Waals surface area contributed by atoms with Crippen molar-refractivity contribution in [1.82, 2.24) is 10.3 Å². The number of fused-ring (bicyclic) bond motifs is 1. The number of aromatic amines is 1. The van der Waals surface area contributed by atoms with Crippen LogP contribution in [0.5, 0.6) is 5.75 Å². The van der Waals surface area contributed by atoms with Gasteiger partial charge in [0.15, 0.2) is 0 Å². The summed E-state index contributed by atoms with van der Waals surface area (Å²) in [6.07, 6.45) is 3.23. The highest BCUT2D eigenvalue weighted by molar-refractivity contribution is 6.36. The second-order valence-corrected chi connectivity index (χ2v) is 4.84. The highest BCUT2D eigenvalue weighted by atomic mass is 35.5. The van der Waals surface area contributed by atoms with Crippen LogP contribution < -0.4 is 10.1 Å². The van der Waals surface area contributed by atoms with Gasteiger partial charge in [-0.3, -0.25) is 0 Å². The molecule has 2 N–H and O–H groups in total. The fourth-order valence-electron chi connectivity index (χ4n) is 2.62. The molecule has 1 fully saturated rings. The van der Waals surface area contributed by atoms with Crippen molar-refractivity contribution in [3.05, 3.63) is 28.9 Å². The van der Waals surface area contributed by atoms with E-state index in [1.807, 2.05) is 12.1 Å². The maximum absolute atomic E-state index is 6.31. The minimum atomic E-state index is 0.549. The quantitative estimate of drug-likeness (QED) is 0.860. The Labute approximate surface area is 105 Å². The lowest BCUT2D eigenvalue weighted by Crippen LogP contribution is -2.07. The maximum atomic E-state index is 6.31. The first-order valence-corrected chi connectivity index (χ1v) is 6.23. The SMILES string of the molecule is COc1ccc(Cl)c2c(C3CCNC3)c[nH]c12. The largest absolute Gasteiger partial charge is 0.495 e. The van der Waals surface area contributed by atoms with Crippen LogP contribution in [0.2, 0.25) is 5.02 Å². The summed E-state index contributed by atoms with van der Waals surface area (Å²) in [5.41, 5.74) is 2.30. The molecule has 1 aromatic carbocycles. The zero-order valence-electron chi connectivity index (χ0n) is 9.72. The lowest BCUT2D eigenvalue weighted by atomic mass is 9.98. The van der Waals surface area contributed by atoms with E-state index in [0.717, 1.165) is 34.8 Å².